The maximum Gasteiger partial charge on any atom is 0.241 e. The van der Waals surface area contributed by atoms with Crippen molar-refractivity contribution < 1.29 is 14.1 Å². The van der Waals surface area contributed by atoms with Gasteiger partial charge in [0.05, 0.1) is 24.3 Å². The summed E-state index contributed by atoms with van der Waals surface area (Å²) in [6, 6.07) is 17.3. The van der Waals surface area contributed by atoms with Crippen LogP contribution < -0.4 is 10.1 Å². The van der Waals surface area contributed by atoms with Crippen molar-refractivity contribution in [2.24, 2.45) is 5.92 Å². The lowest BCUT2D eigenvalue weighted by Gasteiger charge is -2.31. The van der Waals surface area contributed by atoms with Crippen LogP contribution in [0.4, 0.5) is 5.69 Å². The third kappa shape index (κ3) is 5.49. The Morgan fingerprint density at radius 3 is 2.77 bits per heavy atom. The van der Waals surface area contributed by atoms with Gasteiger partial charge in [-0.1, -0.05) is 47.6 Å². The fourth-order valence-electron chi connectivity index (χ4n) is 3.79. The highest BCUT2D eigenvalue weighted by Crippen LogP contribution is 2.27. The van der Waals surface area contributed by atoms with Crippen molar-refractivity contribution in [1.82, 2.24) is 15.0 Å². The third-order valence-corrected chi connectivity index (χ3v) is 5.24. The first-order valence-corrected chi connectivity index (χ1v) is 10.8. The molecule has 1 atom stereocenters. The summed E-state index contributed by atoms with van der Waals surface area (Å²) in [5, 5.41) is 7.14. The largest absolute Gasteiger partial charge is 0.489 e. The second kappa shape index (κ2) is 9.75. The van der Waals surface area contributed by atoms with E-state index in [1.165, 1.54) is 0 Å². The molecule has 1 aromatic heterocycles. The second-order valence-electron chi connectivity index (χ2n) is 8.10. The van der Waals surface area contributed by atoms with Crippen LogP contribution >= 0.6 is 0 Å². The molecule has 7 nitrogen and oxygen atoms in total. The summed E-state index contributed by atoms with van der Waals surface area (Å²) in [7, 11) is 0. The van der Waals surface area contributed by atoms with Crippen LogP contribution in [0.5, 0.6) is 5.75 Å². The number of benzene rings is 2. The number of rotatable bonds is 7. The predicted molar refractivity (Wildman–Crippen MR) is 119 cm³/mol. The molecule has 1 aliphatic rings. The van der Waals surface area contributed by atoms with Crippen molar-refractivity contribution >= 4 is 11.6 Å². The highest BCUT2D eigenvalue weighted by Gasteiger charge is 2.27. The standard InChI is InChI=1S/C24H28N4O3/c1-17(2)30-21-13-7-6-12-20(21)25-24(29)19-11-8-14-28(15-19)16-22-26-23(27-31-22)18-9-4-3-5-10-18/h3-7,9-10,12-13,17,19H,8,11,14-16H2,1-2H3,(H,25,29). The number of nitrogens with one attached hydrogen (secondary N) is 1. The van der Waals surface area contributed by atoms with E-state index in [0.717, 1.165) is 24.9 Å². The molecular weight excluding hydrogens is 392 g/mol. The SMILES string of the molecule is CC(C)Oc1ccccc1NC(=O)C1CCCN(Cc2nc(-c3ccccc3)no2)C1. The van der Waals surface area contributed by atoms with Crippen molar-refractivity contribution in [3.8, 4) is 17.1 Å². The molecule has 1 fully saturated rings. The zero-order valence-electron chi connectivity index (χ0n) is 18.0. The highest BCUT2D eigenvalue weighted by atomic mass is 16.5. The Hall–Kier alpha value is -3.19. The fraction of sp³-hybridized carbons (Fsp3) is 0.375. The number of carbonyl (C=O) groups excluding carboxylic acids is 1. The first kappa shape index (κ1) is 21.1. The van der Waals surface area contributed by atoms with Crippen LogP contribution in [-0.2, 0) is 11.3 Å². The number of amides is 1. The molecule has 1 N–H and O–H groups in total. The Bertz CT molecular complexity index is 1000. The average molecular weight is 421 g/mol. The van der Waals surface area contributed by atoms with Gasteiger partial charge in [0.25, 0.3) is 0 Å². The van der Waals surface area contributed by atoms with Gasteiger partial charge in [-0.05, 0) is 45.4 Å². The number of carbonyl (C=O) groups is 1. The number of para-hydroxylation sites is 2. The summed E-state index contributed by atoms with van der Waals surface area (Å²) in [5.41, 5.74) is 1.64. The minimum Gasteiger partial charge on any atom is -0.489 e. The molecule has 1 saturated heterocycles. The molecule has 0 bridgehead atoms. The molecule has 1 amide bonds. The van der Waals surface area contributed by atoms with Crippen LogP contribution in [0.2, 0.25) is 0 Å². The van der Waals surface area contributed by atoms with Gasteiger partial charge in [0, 0.05) is 12.1 Å². The monoisotopic (exact) mass is 420 g/mol. The molecule has 1 unspecified atom stereocenters. The molecule has 0 aliphatic carbocycles. The van der Waals surface area contributed by atoms with Crippen molar-refractivity contribution in [2.75, 3.05) is 18.4 Å². The van der Waals surface area contributed by atoms with Crippen LogP contribution in [0.3, 0.4) is 0 Å². The van der Waals surface area contributed by atoms with Crippen molar-refractivity contribution in [3.63, 3.8) is 0 Å². The third-order valence-electron chi connectivity index (χ3n) is 5.24. The van der Waals surface area contributed by atoms with Gasteiger partial charge >= 0.3 is 0 Å². The summed E-state index contributed by atoms with van der Waals surface area (Å²) in [4.78, 5) is 19.7. The van der Waals surface area contributed by atoms with E-state index < -0.39 is 0 Å². The van der Waals surface area contributed by atoms with Gasteiger partial charge < -0.3 is 14.6 Å². The van der Waals surface area contributed by atoms with E-state index >= 15 is 0 Å². The normalized spacial score (nSPS) is 16.9. The van der Waals surface area contributed by atoms with E-state index in [9.17, 15) is 4.79 Å². The molecule has 0 spiro atoms. The Morgan fingerprint density at radius 1 is 1.19 bits per heavy atom. The molecule has 3 aromatic rings. The second-order valence-corrected chi connectivity index (χ2v) is 8.10. The van der Waals surface area contributed by atoms with E-state index in [1.807, 2.05) is 68.4 Å². The average Bonchev–Trinajstić information content (AvgIpc) is 3.24. The molecule has 162 valence electrons. The van der Waals surface area contributed by atoms with Crippen LogP contribution in [-0.4, -0.2) is 40.1 Å². The number of likely N-dealkylation sites (tertiary alicyclic amines) is 1. The Balaban J connectivity index is 1.37. The first-order chi connectivity index (χ1) is 15.1. The van der Waals surface area contributed by atoms with E-state index in [-0.39, 0.29) is 17.9 Å². The van der Waals surface area contributed by atoms with Gasteiger partial charge in [0.1, 0.15) is 5.75 Å². The van der Waals surface area contributed by atoms with E-state index in [4.69, 9.17) is 9.26 Å². The zero-order chi connectivity index (χ0) is 21.6. The summed E-state index contributed by atoms with van der Waals surface area (Å²) in [5.74, 6) is 1.76. The summed E-state index contributed by atoms with van der Waals surface area (Å²) >= 11 is 0. The minimum atomic E-state index is -0.0997. The lowest BCUT2D eigenvalue weighted by Crippen LogP contribution is -2.40. The number of ether oxygens (including phenoxy) is 1. The molecule has 7 heteroatoms. The Morgan fingerprint density at radius 2 is 1.97 bits per heavy atom. The lowest BCUT2D eigenvalue weighted by atomic mass is 9.97. The fourth-order valence-corrected chi connectivity index (χ4v) is 3.79. The Labute approximate surface area is 182 Å². The lowest BCUT2D eigenvalue weighted by molar-refractivity contribution is -0.121. The zero-order valence-corrected chi connectivity index (χ0v) is 18.0. The molecule has 0 radical (unpaired) electrons. The van der Waals surface area contributed by atoms with Crippen LogP contribution in [0.25, 0.3) is 11.4 Å². The summed E-state index contributed by atoms with van der Waals surface area (Å²) < 4.78 is 11.3. The van der Waals surface area contributed by atoms with Gasteiger partial charge in [-0.3, -0.25) is 9.69 Å². The van der Waals surface area contributed by atoms with Crippen LogP contribution in [0.15, 0.2) is 59.1 Å². The molecule has 31 heavy (non-hydrogen) atoms. The summed E-state index contributed by atoms with van der Waals surface area (Å²) in [6.07, 6.45) is 1.84. The molecule has 4 rings (SSSR count). The highest BCUT2D eigenvalue weighted by molar-refractivity contribution is 5.94. The molecule has 2 aromatic carbocycles. The van der Waals surface area contributed by atoms with Gasteiger partial charge in [0.15, 0.2) is 0 Å². The summed E-state index contributed by atoms with van der Waals surface area (Å²) in [6.45, 7) is 6.04. The van der Waals surface area contributed by atoms with Gasteiger partial charge in [-0.2, -0.15) is 4.98 Å². The number of hydrogen-bond acceptors (Lipinski definition) is 6. The van der Waals surface area contributed by atoms with E-state index in [2.05, 4.69) is 20.4 Å². The quantitative estimate of drug-likeness (QED) is 0.611. The van der Waals surface area contributed by atoms with Crippen molar-refractivity contribution in [3.05, 3.63) is 60.5 Å². The maximum atomic E-state index is 12.9. The van der Waals surface area contributed by atoms with E-state index in [0.29, 0.717) is 36.2 Å². The number of piperidine rings is 1. The van der Waals surface area contributed by atoms with Gasteiger partial charge in [-0.25, -0.2) is 0 Å². The molecule has 1 aliphatic heterocycles. The van der Waals surface area contributed by atoms with Crippen molar-refractivity contribution in [1.29, 1.82) is 0 Å². The van der Waals surface area contributed by atoms with Gasteiger partial charge in [0.2, 0.25) is 17.6 Å². The van der Waals surface area contributed by atoms with Crippen LogP contribution in [0.1, 0.15) is 32.6 Å². The van der Waals surface area contributed by atoms with Crippen LogP contribution in [0, 0.1) is 5.92 Å². The molecular formula is C24H28N4O3. The number of hydrogen-bond donors (Lipinski definition) is 1. The smallest absolute Gasteiger partial charge is 0.241 e. The maximum absolute atomic E-state index is 12.9. The number of aromatic nitrogens is 2. The van der Waals surface area contributed by atoms with Gasteiger partial charge in [-0.15, -0.1) is 0 Å². The predicted octanol–water partition coefficient (Wildman–Crippen LogP) is 4.37. The van der Waals surface area contributed by atoms with E-state index in [1.54, 1.807) is 0 Å². The first-order valence-electron chi connectivity index (χ1n) is 10.8. The van der Waals surface area contributed by atoms with Crippen molar-refractivity contribution in [2.45, 2.75) is 39.3 Å². The number of anilines is 1. The minimum absolute atomic E-state index is 0.0139. The number of nitrogens with zero attached hydrogens (tertiary/aromatic N) is 3. The molecule has 0 saturated carbocycles. The topological polar surface area (TPSA) is 80.5 Å². The molecule has 2 heterocycles. The Kier molecular flexibility index (Phi) is 6.62.